The molecule has 0 saturated carbocycles. The summed E-state index contributed by atoms with van der Waals surface area (Å²) in [5.41, 5.74) is 1.40. The van der Waals surface area contributed by atoms with Gasteiger partial charge in [-0.15, -0.1) is 0 Å². The lowest BCUT2D eigenvalue weighted by molar-refractivity contribution is -0.128. The minimum absolute atomic E-state index is 0.00109. The maximum atomic E-state index is 13.4. The SMILES string of the molecule is CNC(=O)[C@@H](CCCC(=O)c1cccc(-c2cccc(F)c2)n1)C(C)(C)C. The van der Waals surface area contributed by atoms with E-state index in [1.54, 1.807) is 37.4 Å². The van der Waals surface area contributed by atoms with Gasteiger partial charge < -0.3 is 5.32 Å². The molecule has 1 N–H and O–H groups in total. The van der Waals surface area contributed by atoms with Gasteiger partial charge in [0.2, 0.25) is 5.91 Å². The molecule has 2 rings (SSSR count). The Bertz CT molecular complexity index is 812. The molecule has 0 radical (unpaired) electrons. The van der Waals surface area contributed by atoms with Crippen LogP contribution in [0.4, 0.5) is 4.39 Å². The molecule has 0 unspecified atom stereocenters. The topological polar surface area (TPSA) is 59.1 Å². The third-order valence-corrected chi connectivity index (χ3v) is 4.66. The summed E-state index contributed by atoms with van der Waals surface area (Å²) in [5, 5.41) is 2.70. The molecule has 1 atom stereocenters. The Morgan fingerprint density at radius 3 is 2.48 bits per heavy atom. The molecule has 144 valence electrons. The summed E-state index contributed by atoms with van der Waals surface area (Å²) in [6.07, 6.45) is 1.57. The normalized spacial score (nSPS) is 12.5. The van der Waals surface area contributed by atoms with Gasteiger partial charge in [0.1, 0.15) is 11.5 Å². The lowest BCUT2D eigenvalue weighted by Gasteiger charge is -2.29. The van der Waals surface area contributed by atoms with Crippen molar-refractivity contribution in [2.45, 2.75) is 40.0 Å². The number of amides is 1. The number of carbonyl (C=O) groups excluding carboxylic acids is 2. The van der Waals surface area contributed by atoms with Crippen LogP contribution in [-0.2, 0) is 4.79 Å². The van der Waals surface area contributed by atoms with Crippen LogP contribution < -0.4 is 5.32 Å². The highest BCUT2D eigenvalue weighted by molar-refractivity contribution is 5.94. The van der Waals surface area contributed by atoms with Crippen molar-refractivity contribution in [1.29, 1.82) is 0 Å². The Labute approximate surface area is 160 Å². The van der Waals surface area contributed by atoms with Crippen LogP contribution in [0, 0.1) is 17.2 Å². The largest absolute Gasteiger partial charge is 0.359 e. The van der Waals surface area contributed by atoms with E-state index in [2.05, 4.69) is 10.3 Å². The van der Waals surface area contributed by atoms with E-state index < -0.39 is 0 Å². The summed E-state index contributed by atoms with van der Waals surface area (Å²) < 4.78 is 13.4. The van der Waals surface area contributed by atoms with Gasteiger partial charge in [-0.3, -0.25) is 9.59 Å². The van der Waals surface area contributed by atoms with E-state index in [4.69, 9.17) is 0 Å². The first kappa shape index (κ1) is 20.7. The lowest BCUT2D eigenvalue weighted by atomic mass is 9.77. The molecule has 5 heteroatoms. The fourth-order valence-corrected chi connectivity index (χ4v) is 3.13. The van der Waals surface area contributed by atoms with E-state index in [-0.39, 0.29) is 28.8 Å². The molecule has 0 bridgehead atoms. The van der Waals surface area contributed by atoms with Gasteiger partial charge in [-0.25, -0.2) is 9.37 Å². The third kappa shape index (κ3) is 5.71. The molecular formula is C22H27FN2O2. The highest BCUT2D eigenvalue weighted by Crippen LogP contribution is 2.30. The Morgan fingerprint density at radius 2 is 1.85 bits per heavy atom. The predicted octanol–water partition coefficient (Wildman–Crippen LogP) is 4.65. The number of carbonyl (C=O) groups is 2. The molecule has 1 heterocycles. The summed E-state index contributed by atoms with van der Waals surface area (Å²) in [4.78, 5) is 29.0. The minimum atomic E-state index is -0.339. The standard InChI is InChI=1S/C22H27FN2O2/c1-22(2,3)17(21(27)24-4)10-6-13-20(26)19-12-7-11-18(25-19)15-8-5-9-16(23)14-15/h5,7-9,11-12,14,17H,6,10,13H2,1-4H3,(H,24,27)/t17-/m1/s1. The van der Waals surface area contributed by atoms with Gasteiger partial charge in [-0.05, 0) is 42.5 Å². The Hall–Kier alpha value is -2.56. The van der Waals surface area contributed by atoms with E-state index in [0.29, 0.717) is 36.2 Å². The second-order valence-electron chi connectivity index (χ2n) is 7.77. The van der Waals surface area contributed by atoms with Crippen LogP contribution >= 0.6 is 0 Å². The first-order valence-electron chi connectivity index (χ1n) is 9.20. The molecule has 0 saturated heterocycles. The zero-order valence-corrected chi connectivity index (χ0v) is 16.4. The van der Waals surface area contributed by atoms with Crippen molar-refractivity contribution < 1.29 is 14.0 Å². The Morgan fingerprint density at radius 1 is 1.15 bits per heavy atom. The van der Waals surface area contributed by atoms with Crippen LogP contribution in [-0.4, -0.2) is 23.7 Å². The Kier molecular flexibility index (Phi) is 6.83. The molecule has 0 spiro atoms. The number of nitrogens with one attached hydrogen (secondary N) is 1. The van der Waals surface area contributed by atoms with Gasteiger partial charge >= 0.3 is 0 Å². The average Bonchev–Trinajstić information content (AvgIpc) is 2.63. The van der Waals surface area contributed by atoms with E-state index >= 15 is 0 Å². The van der Waals surface area contributed by atoms with Crippen LogP contribution in [0.1, 0.15) is 50.5 Å². The van der Waals surface area contributed by atoms with Gasteiger partial charge in [-0.1, -0.05) is 39.0 Å². The van der Waals surface area contributed by atoms with Crippen LogP contribution in [0.3, 0.4) is 0 Å². The van der Waals surface area contributed by atoms with Crippen molar-refractivity contribution in [2.24, 2.45) is 11.3 Å². The zero-order valence-electron chi connectivity index (χ0n) is 16.4. The second-order valence-corrected chi connectivity index (χ2v) is 7.77. The van der Waals surface area contributed by atoms with Crippen molar-refractivity contribution in [3.63, 3.8) is 0 Å². The molecule has 2 aromatic rings. The van der Waals surface area contributed by atoms with E-state index in [0.717, 1.165) is 0 Å². The number of benzene rings is 1. The number of nitrogens with zero attached hydrogens (tertiary/aromatic N) is 1. The lowest BCUT2D eigenvalue weighted by Crippen LogP contribution is -2.36. The number of aromatic nitrogens is 1. The van der Waals surface area contributed by atoms with Crippen LogP contribution in [0.2, 0.25) is 0 Å². The molecule has 1 amide bonds. The van der Waals surface area contributed by atoms with Gasteiger partial charge in [0.15, 0.2) is 5.78 Å². The first-order chi connectivity index (χ1) is 12.7. The molecule has 1 aromatic heterocycles. The van der Waals surface area contributed by atoms with Gasteiger partial charge in [-0.2, -0.15) is 0 Å². The number of ketones is 1. The monoisotopic (exact) mass is 370 g/mol. The van der Waals surface area contributed by atoms with Crippen molar-refractivity contribution >= 4 is 11.7 Å². The average molecular weight is 370 g/mol. The summed E-state index contributed by atoms with van der Waals surface area (Å²) in [6.45, 7) is 6.08. The van der Waals surface area contributed by atoms with Gasteiger partial charge in [0.05, 0.1) is 5.69 Å². The number of halogens is 1. The molecule has 1 aromatic carbocycles. The van der Waals surface area contributed by atoms with Crippen molar-refractivity contribution in [3.05, 3.63) is 54.0 Å². The van der Waals surface area contributed by atoms with Crippen molar-refractivity contribution in [1.82, 2.24) is 10.3 Å². The number of hydrogen-bond acceptors (Lipinski definition) is 3. The fourth-order valence-electron chi connectivity index (χ4n) is 3.13. The Balaban J connectivity index is 2.04. The van der Waals surface area contributed by atoms with Crippen LogP contribution in [0.15, 0.2) is 42.5 Å². The number of Topliss-reactive ketones (excluding diaryl/α,β-unsaturated/α-hetero) is 1. The fraction of sp³-hybridized carbons (Fsp3) is 0.409. The number of hydrogen-bond donors (Lipinski definition) is 1. The summed E-state index contributed by atoms with van der Waals surface area (Å²) in [7, 11) is 1.63. The second kappa shape index (κ2) is 8.89. The van der Waals surface area contributed by atoms with Crippen molar-refractivity contribution in [2.75, 3.05) is 7.05 Å². The van der Waals surface area contributed by atoms with Crippen LogP contribution in [0.25, 0.3) is 11.3 Å². The van der Waals surface area contributed by atoms with Gasteiger partial charge in [0, 0.05) is 24.9 Å². The van der Waals surface area contributed by atoms with Crippen molar-refractivity contribution in [3.8, 4) is 11.3 Å². The van der Waals surface area contributed by atoms with E-state index in [1.165, 1.54) is 12.1 Å². The number of rotatable bonds is 7. The molecule has 0 fully saturated rings. The molecule has 4 nitrogen and oxygen atoms in total. The molecule has 0 aliphatic heterocycles. The highest BCUT2D eigenvalue weighted by Gasteiger charge is 2.30. The molecular weight excluding hydrogens is 343 g/mol. The maximum absolute atomic E-state index is 13.4. The summed E-state index contributed by atoms with van der Waals surface area (Å²) in [5.74, 6) is -0.561. The summed E-state index contributed by atoms with van der Waals surface area (Å²) in [6, 6.07) is 11.3. The highest BCUT2D eigenvalue weighted by atomic mass is 19.1. The van der Waals surface area contributed by atoms with Gasteiger partial charge in [0.25, 0.3) is 0 Å². The van der Waals surface area contributed by atoms with Crippen LogP contribution in [0.5, 0.6) is 0 Å². The quantitative estimate of drug-likeness (QED) is 0.722. The third-order valence-electron chi connectivity index (χ3n) is 4.66. The minimum Gasteiger partial charge on any atom is -0.359 e. The molecule has 0 aliphatic rings. The first-order valence-corrected chi connectivity index (χ1v) is 9.20. The zero-order chi connectivity index (χ0) is 20.0. The molecule has 0 aliphatic carbocycles. The van der Waals surface area contributed by atoms with E-state index in [1.807, 2.05) is 20.8 Å². The molecule has 27 heavy (non-hydrogen) atoms. The number of pyridine rings is 1. The maximum Gasteiger partial charge on any atom is 0.223 e. The summed E-state index contributed by atoms with van der Waals surface area (Å²) >= 11 is 0. The van der Waals surface area contributed by atoms with E-state index in [9.17, 15) is 14.0 Å². The smallest absolute Gasteiger partial charge is 0.223 e. The predicted molar refractivity (Wildman–Crippen MR) is 105 cm³/mol.